The zero-order valence-electron chi connectivity index (χ0n) is 12.3. The number of rotatable bonds is 7. The van der Waals surface area contributed by atoms with Gasteiger partial charge in [-0.2, -0.15) is 0 Å². The summed E-state index contributed by atoms with van der Waals surface area (Å²) in [5.74, 6) is -0.358. The van der Waals surface area contributed by atoms with Crippen LogP contribution >= 0.6 is 0 Å². The first-order chi connectivity index (χ1) is 9.78. The van der Waals surface area contributed by atoms with Gasteiger partial charge in [0.15, 0.2) is 5.03 Å². The Kier molecular flexibility index (Phi) is 4.38. The Hall–Kier alpha value is -1.41. The first-order valence-electron chi connectivity index (χ1n) is 7.07. The Bertz CT molecular complexity index is 632. The smallest absolute Gasteiger partial charge is 0.305 e. The summed E-state index contributed by atoms with van der Waals surface area (Å²) in [7, 11) is -3.79. The number of aryl methyl sites for hydroxylation is 2. The molecule has 21 heavy (non-hydrogen) atoms. The summed E-state index contributed by atoms with van der Waals surface area (Å²) >= 11 is 0. The maximum absolute atomic E-state index is 12.4. The fourth-order valence-corrected chi connectivity index (χ4v) is 4.09. The van der Waals surface area contributed by atoms with Gasteiger partial charge in [-0.25, -0.2) is 18.1 Å². The third-order valence-corrected chi connectivity index (χ3v) is 5.29. The van der Waals surface area contributed by atoms with E-state index in [4.69, 9.17) is 5.11 Å². The van der Waals surface area contributed by atoms with E-state index in [1.54, 1.807) is 11.5 Å². The molecule has 0 radical (unpaired) electrons. The highest BCUT2D eigenvalue weighted by atomic mass is 32.2. The second kappa shape index (κ2) is 5.76. The number of carboxylic acids is 1. The third-order valence-electron chi connectivity index (χ3n) is 3.84. The Morgan fingerprint density at radius 3 is 2.67 bits per heavy atom. The molecule has 0 amide bonds. The van der Waals surface area contributed by atoms with Gasteiger partial charge in [-0.3, -0.25) is 4.79 Å². The van der Waals surface area contributed by atoms with Crippen molar-refractivity contribution in [3.8, 4) is 0 Å². The Morgan fingerprint density at radius 1 is 1.52 bits per heavy atom. The molecule has 1 aliphatic rings. The number of hydrogen-bond acceptors (Lipinski definition) is 4. The van der Waals surface area contributed by atoms with E-state index in [2.05, 4.69) is 9.71 Å². The molecule has 0 spiro atoms. The Morgan fingerprint density at radius 2 is 2.19 bits per heavy atom. The van der Waals surface area contributed by atoms with Crippen LogP contribution in [0.4, 0.5) is 0 Å². The highest BCUT2D eigenvalue weighted by molar-refractivity contribution is 7.89. The summed E-state index contributed by atoms with van der Waals surface area (Å²) in [6.45, 7) is 4.46. The molecule has 1 aliphatic carbocycles. The van der Waals surface area contributed by atoms with E-state index in [0.717, 1.165) is 12.8 Å². The number of nitrogens with zero attached hydrogens (tertiary/aromatic N) is 2. The predicted octanol–water partition coefficient (Wildman–Crippen LogP) is 1.28. The number of imidazole rings is 1. The van der Waals surface area contributed by atoms with E-state index in [1.807, 2.05) is 6.92 Å². The van der Waals surface area contributed by atoms with Gasteiger partial charge in [0.25, 0.3) is 10.0 Å². The van der Waals surface area contributed by atoms with E-state index < -0.39 is 21.5 Å². The molecule has 118 valence electrons. The van der Waals surface area contributed by atoms with Crippen LogP contribution in [0, 0.1) is 6.92 Å². The highest BCUT2D eigenvalue weighted by Crippen LogP contribution is 2.36. The fourth-order valence-electron chi connectivity index (χ4n) is 2.62. The van der Waals surface area contributed by atoms with Gasteiger partial charge in [0.1, 0.15) is 5.82 Å². The number of hydrogen-bond donors (Lipinski definition) is 2. The molecule has 1 saturated carbocycles. The minimum absolute atomic E-state index is 0.0369. The molecule has 1 fully saturated rings. The van der Waals surface area contributed by atoms with Gasteiger partial charge >= 0.3 is 5.97 Å². The van der Waals surface area contributed by atoms with Gasteiger partial charge in [-0.05, 0) is 32.6 Å². The lowest BCUT2D eigenvalue weighted by Crippen LogP contribution is -2.54. The highest BCUT2D eigenvalue weighted by Gasteiger charge is 2.43. The summed E-state index contributed by atoms with van der Waals surface area (Å²) in [6, 6.07) is 0. The Balaban J connectivity index is 2.21. The van der Waals surface area contributed by atoms with Crippen LogP contribution in [0.15, 0.2) is 11.2 Å². The van der Waals surface area contributed by atoms with Crippen LogP contribution in [0.3, 0.4) is 0 Å². The van der Waals surface area contributed by atoms with Crippen molar-refractivity contribution in [2.75, 3.05) is 0 Å². The number of aromatic nitrogens is 2. The number of carbonyl (C=O) groups is 1. The first-order valence-corrected chi connectivity index (χ1v) is 8.56. The molecule has 1 aromatic heterocycles. The Labute approximate surface area is 124 Å². The molecule has 8 heteroatoms. The lowest BCUT2D eigenvalue weighted by atomic mass is 9.75. The average molecular weight is 315 g/mol. The molecule has 7 nitrogen and oxygen atoms in total. The number of nitrogens with one attached hydrogen (secondary N) is 1. The molecule has 0 bridgehead atoms. The van der Waals surface area contributed by atoms with Crippen molar-refractivity contribution >= 4 is 16.0 Å². The van der Waals surface area contributed by atoms with Crippen LogP contribution in [0.5, 0.6) is 0 Å². The van der Waals surface area contributed by atoms with E-state index in [0.29, 0.717) is 25.2 Å². The van der Waals surface area contributed by atoms with Crippen molar-refractivity contribution in [3.63, 3.8) is 0 Å². The van der Waals surface area contributed by atoms with Crippen molar-refractivity contribution in [3.05, 3.63) is 12.0 Å². The number of sulfonamides is 1. The normalized spacial score (nSPS) is 17.4. The number of aliphatic carboxylic acids is 1. The molecule has 0 atom stereocenters. The standard InChI is InChI=1S/C13H21N3O4S/c1-3-7-16-9-11(14-10(16)2)21(19,20)15-13(5-4-6-13)8-12(17)18/h9,15H,3-8H2,1-2H3,(H,17,18). The molecule has 2 rings (SSSR count). The van der Waals surface area contributed by atoms with Gasteiger partial charge in [0, 0.05) is 18.3 Å². The van der Waals surface area contributed by atoms with Crippen molar-refractivity contribution < 1.29 is 18.3 Å². The zero-order valence-corrected chi connectivity index (χ0v) is 13.1. The van der Waals surface area contributed by atoms with E-state index in [1.165, 1.54) is 6.20 Å². The lowest BCUT2D eigenvalue weighted by molar-refractivity contribution is -0.139. The number of carboxylic acid groups (broad SMARTS) is 1. The molecule has 0 unspecified atom stereocenters. The van der Waals surface area contributed by atoms with Crippen molar-refractivity contribution in [1.82, 2.24) is 14.3 Å². The van der Waals surface area contributed by atoms with Gasteiger partial charge in [0.2, 0.25) is 0 Å². The summed E-state index contributed by atoms with van der Waals surface area (Å²) in [5.41, 5.74) is -0.854. The van der Waals surface area contributed by atoms with Crippen LogP contribution in [0.25, 0.3) is 0 Å². The fraction of sp³-hybridized carbons (Fsp3) is 0.692. The minimum Gasteiger partial charge on any atom is -0.481 e. The molecular formula is C13H21N3O4S. The van der Waals surface area contributed by atoms with Crippen LogP contribution in [0.2, 0.25) is 0 Å². The van der Waals surface area contributed by atoms with Crippen LogP contribution in [-0.4, -0.2) is 34.6 Å². The van der Waals surface area contributed by atoms with Gasteiger partial charge < -0.3 is 9.67 Å². The first kappa shape index (κ1) is 16.0. The largest absolute Gasteiger partial charge is 0.481 e. The minimum atomic E-state index is -3.79. The second-order valence-corrected chi connectivity index (χ2v) is 7.26. The molecule has 0 saturated heterocycles. The van der Waals surface area contributed by atoms with Gasteiger partial charge in [-0.15, -0.1) is 0 Å². The van der Waals surface area contributed by atoms with Gasteiger partial charge in [-0.1, -0.05) is 6.92 Å². The predicted molar refractivity (Wildman–Crippen MR) is 76.4 cm³/mol. The van der Waals surface area contributed by atoms with E-state index >= 15 is 0 Å². The average Bonchev–Trinajstić information content (AvgIpc) is 2.69. The second-order valence-electron chi connectivity index (χ2n) is 5.63. The van der Waals surface area contributed by atoms with Crippen molar-refractivity contribution in [2.45, 2.75) is 63.1 Å². The van der Waals surface area contributed by atoms with Crippen LogP contribution in [0.1, 0.15) is 44.9 Å². The van der Waals surface area contributed by atoms with Crippen LogP contribution in [-0.2, 0) is 21.4 Å². The molecular weight excluding hydrogens is 294 g/mol. The topological polar surface area (TPSA) is 101 Å². The summed E-state index contributed by atoms with van der Waals surface area (Å²) < 4.78 is 29.2. The maximum atomic E-state index is 12.4. The third kappa shape index (κ3) is 3.44. The van der Waals surface area contributed by atoms with E-state index in [9.17, 15) is 13.2 Å². The monoisotopic (exact) mass is 315 g/mol. The van der Waals surface area contributed by atoms with E-state index in [-0.39, 0.29) is 11.4 Å². The SMILES string of the molecule is CCCn1cc(S(=O)(=O)NC2(CC(=O)O)CCC2)nc1C. The molecule has 0 aromatic carbocycles. The zero-order chi connectivity index (χ0) is 15.7. The summed E-state index contributed by atoms with van der Waals surface area (Å²) in [5, 5.41) is 8.91. The summed E-state index contributed by atoms with van der Waals surface area (Å²) in [6.07, 6.45) is 4.13. The molecule has 1 aromatic rings. The van der Waals surface area contributed by atoms with Crippen molar-refractivity contribution in [2.24, 2.45) is 0 Å². The summed E-state index contributed by atoms with van der Waals surface area (Å²) in [4.78, 5) is 15.0. The molecule has 0 aliphatic heterocycles. The maximum Gasteiger partial charge on any atom is 0.305 e. The van der Waals surface area contributed by atoms with Crippen LogP contribution < -0.4 is 4.72 Å². The van der Waals surface area contributed by atoms with Crippen molar-refractivity contribution in [1.29, 1.82) is 0 Å². The van der Waals surface area contributed by atoms with Gasteiger partial charge in [0.05, 0.1) is 6.42 Å². The molecule has 1 heterocycles. The quantitative estimate of drug-likeness (QED) is 0.789. The lowest BCUT2D eigenvalue weighted by Gasteiger charge is -2.40. The molecule has 2 N–H and O–H groups in total.